The first-order chi connectivity index (χ1) is 9.88. The molecule has 5 heteroatoms. The van der Waals surface area contributed by atoms with Crippen LogP contribution in [0.25, 0.3) is 0 Å². The van der Waals surface area contributed by atoms with Crippen molar-refractivity contribution in [1.29, 1.82) is 0 Å². The van der Waals surface area contributed by atoms with Crippen molar-refractivity contribution in [2.24, 2.45) is 0 Å². The number of hydrogen-bond donors (Lipinski definition) is 0. The molecule has 0 heterocycles. The van der Waals surface area contributed by atoms with Gasteiger partial charge in [0.1, 0.15) is 0 Å². The van der Waals surface area contributed by atoms with Gasteiger partial charge in [-0.15, -0.1) is 0 Å². The van der Waals surface area contributed by atoms with Crippen LogP contribution in [0.4, 0.5) is 5.69 Å². The van der Waals surface area contributed by atoms with Crippen LogP contribution in [0.1, 0.15) is 11.1 Å². The molecule has 0 amide bonds. The van der Waals surface area contributed by atoms with Crippen molar-refractivity contribution in [3.05, 3.63) is 59.7 Å². The smallest absolute Gasteiger partial charge is 0.297 e. The van der Waals surface area contributed by atoms with Gasteiger partial charge >= 0.3 is 0 Å². The number of nitrogens with zero attached hydrogens (tertiary/aromatic N) is 1. The summed E-state index contributed by atoms with van der Waals surface area (Å²) in [7, 11) is 0.191. The second-order valence-corrected chi connectivity index (χ2v) is 6.71. The summed E-state index contributed by atoms with van der Waals surface area (Å²) in [5.74, 6) is 0. The minimum absolute atomic E-state index is 0.0317. The number of benzene rings is 2. The Labute approximate surface area is 126 Å². The predicted molar refractivity (Wildman–Crippen MR) is 83.9 cm³/mol. The third-order valence-corrected chi connectivity index (χ3v) is 4.42. The summed E-state index contributed by atoms with van der Waals surface area (Å²) >= 11 is 0. The Bertz CT molecular complexity index is 689. The summed E-state index contributed by atoms with van der Waals surface area (Å²) in [5.41, 5.74) is 2.88. The molecule has 0 saturated heterocycles. The summed E-state index contributed by atoms with van der Waals surface area (Å²) in [6, 6.07) is 14.2. The van der Waals surface area contributed by atoms with Gasteiger partial charge in [0.05, 0.1) is 11.5 Å². The monoisotopic (exact) mass is 305 g/mol. The van der Waals surface area contributed by atoms with E-state index < -0.39 is 10.1 Å². The van der Waals surface area contributed by atoms with Crippen LogP contribution in [0.2, 0.25) is 0 Å². The molecule has 112 valence electrons. The lowest BCUT2D eigenvalue weighted by atomic mass is 10.2. The van der Waals surface area contributed by atoms with Crippen molar-refractivity contribution in [3.8, 4) is 0 Å². The van der Waals surface area contributed by atoms with Gasteiger partial charge in [0.25, 0.3) is 10.1 Å². The maximum atomic E-state index is 12.1. The molecule has 0 aliphatic rings. The van der Waals surface area contributed by atoms with Crippen LogP contribution < -0.4 is 4.90 Å². The van der Waals surface area contributed by atoms with Crippen molar-refractivity contribution in [1.82, 2.24) is 0 Å². The molecule has 2 aromatic rings. The van der Waals surface area contributed by atoms with Gasteiger partial charge in [0.15, 0.2) is 0 Å². The second-order valence-electron chi connectivity index (χ2n) is 5.09. The Morgan fingerprint density at radius 3 is 2.05 bits per heavy atom. The zero-order valence-corrected chi connectivity index (χ0v) is 13.2. The van der Waals surface area contributed by atoms with E-state index in [-0.39, 0.29) is 11.5 Å². The highest BCUT2D eigenvalue weighted by Gasteiger charge is 2.14. The Hall–Kier alpha value is -1.85. The van der Waals surface area contributed by atoms with Crippen LogP contribution in [-0.2, 0) is 20.9 Å². The topological polar surface area (TPSA) is 46.6 Å². The van der Waals surface area contributed by atoms with Crippen LogP contribution in [-0.4, -0.2) is 22.5 Å². The average molecular weight is 305 g/mol. The standard InChI is InChI=1S/C16H19NO3S/c1-13-4-10-16(11-5-13)21(18,19)20-12-14-6-8-15(9-7-14)17(2)3/h4-11H,12H2,1-3H3. The average Bonchev–Trinajstić information content (AvgIpc) is 2.46. The molecule has 4 nitrogen and oxygen atoms in total. The molecule has 2 aromatic carbocycles. The third-order valence-electron chi connectivity index (χ3n) is 3.14. The van der Waals surface area contributed by atoms with Crippen LogP contribution in [0.3, 0.4) is 0 Å². The van der Waals surface area contributed by atoms with Gasteiger partial charge in [-0.2, -0.15) is 8.42 Å². The van der Waals surface area contributed by atoms with E-state index in [1.807, 2.05) is 50.2 Å². The largest absolute Gasteiger partial charge is 0.378 e. The molecule has 0 aliphatic carbocycles. The van der Waals surface area contributed by atoms with Crippen molar-refractivity contribution in [2.75, 3.05) is 19.0 Å². The number of hydrogen-bond acceptors (Lipinski definition) is 4. The molecule has 0 unspecified atom stereocenters. The highest BCUT2D eigenvalue weighted by atomic mass is 32.2. The van der Waals surface area contributed by atoms with E-state index in [2.05, 4.69) is 0 Å². The first-order valence-electron chi connectivity index (χ1n) is 6.61. The SMILES string of the molecule is Cc1ccc(S(=O)(=O)OCc2ccc(N(C)C)cc2)cc1. The molecule has 21 heavy (non-hydrogen) atoms. The molecule has 0 fully saturated rings. The van der Waals surface area contributed by atoms with Crippen molar-refractivity contribution < 1.29 is 12.6 Å². The molecule has 0 bridgehead atoms. The van der Waals surface area contributed by atoms with Gasteiger partial charge in [0, 0.05) is 19.8 Å². The van der Waals surface area contributed by atoms with Crippen molar-refractivity contribution in [3.63, 3.8) is 0 Å². The van der Waals surface area contributed by atoms with Crippen LogP contribution in [0.15, 0.2) is 53.4 Å². The lowest BCUT2D eigenvalue weighted by Gasteiger charge is -2.12. The summed E-state index contributed by atoms with van der Waals surface area (Å²) < 4.78 is 29.2. The molecule has 2 rings (SSSR count). The number of anilines is 1. The van der Waals surface area contributed by atoms with E-state index in [1.165, 1.54) is 0 Å². The summed E-state index contributed by atoms with van der Waals surface area (Å²) in [6.45, 7) is 1.94. The Kier molecular flexibility index (Phi) is 4.65. The molecule has 0 N–H and O–H groups in total. The Balaban J connectivity index is 2.06. The van der Waals surface area contributed by atoms with Crippen LogP contribution in [0, 0.1) is 6.92 Å². The van der Waals surface area contributed by atoms with E-state index in [0.29, 0.717) is 0 Å². The molecule has 0 aliphatic heterocycles. The molecule has 0 saturated carbocycles. The van der Waals surface area contributed by atoms with Gasteiger partial charge in [-0.1, -0.05) is 29.8 Å². The zero-order valence-electron chi connectivity index (χ0n) is 12.4. The normalized spacial score (nSPS) is 11.4. The third kappa shape index (κ3) is 4.06. The predicted octanol–water partition coefficient (Wildman–Crippen LogP) is 2.97. The van der Waals surface area contributed by atoms with E-state index in [4.69, 9.17) is 4.18 Å². The maximum Gasteiger partial charge on any atom is 0.297 e. The minimum Gasteiger partial charge on any atom is -0.378 e. The lowest BCUT2D eigenvalue weighted by molar-refractivity contribution is 0.308. The van der Waals surface area contributed by atoms with E-state index in [0.717, 1.165) is 16.8 Å². The van der Waals surface area contributed by atoms with E-state index >= 15 is 0 Å². The highest BCUT2D eigenvalue weighted by Crippen LogP contribution is 2.17. The quantitative estimate of drug-likeness (QED) is 0.797. The van der Waals surface area contributed by atoms with Gasteiger partial charge in [-0.05, 0) is 36.8 Å². The van der Waals surface area contributed by atoms with Gasteiger partial charge in [-0.3, -0.25) is 4.18 Å². The van der Waals surface area contributed by atoms with Gasteiger partial charge in [0.2, 0.25) is 0 Å². The van der Waals surface area contributed by atoms with Crippen LogP contribution in [0.5, 0.6) is 0 Å². The summed E-state index contributed by atoms with van der Waals surface area (Å²) in [4.78, 5) is 2.16. The van der Waals surface area contributed by atoms with E-state index in [1.54, 1.807) is 24.3 Å². The molecular weight excluding hydrogens is 286 g/mol. The Morgan fingerprint density at radius 2 is 1.52 bits per heavy atom. The van der Waals surface area contributed by atoms with Gasteiger partial charge < -0.3 is 4.90 Å². The van der Waals surface area contributed by atoms with Crippen molar-refractivity contribution >= 4 is 15.8 Å². The second kappa shape index (κ2) is 6.28. The highest BCUT2D eigenvalue weighted by molar-refractivity contribution is 7.86. The van der Waals surface area contributed by atoms with Crippen molar-refractivity contribution in [2.45, 2.75) is 18.4 Å². The van der Waals surface area contributed by atoms with Crippen LogP contribution >= 0.6 is 0 Å². The first-order valence-corrected chi connectivity index (χ1v) is 8.02. The molecule has 0 atom stereocenters. The maximum absolute atomic E-state index is 12.1. The number of rotatable bonds is 5. The van der Waals surface area contributed by atoms with Gasteiger partial charge in [-0.25, -0.2) is 0 Å². The van der Waals surface area contributed by atoms with E-state index in [9.17, 15) is 8.42 Å². The molecule has 0 spiro atoms. The fourth-order valence-corrected chi connectivity index (χ4v) is 2.71. The fraction of sp³-hybridized carbons (Fsp3) is 0.250. The molecule has 0 aromatic heterocycles. The summed E-state index contributed by atoms with van der Waals surface area (Å²) in [6.07, 6.45) is 0. The molecular formula is C16H19NO3S. The number of aryl methyl sites for hydroxylation is 1. The Morgan fingerprint density at radius 1 is 0.952 bits per heavy atom. The minimum atomic E-state index is -3.71. The first kappa shape index (κ1) is 15.5. The lowest BCUT2D eigenvalue weighted by Crippen LogP contribution is -2.09. The fourth-order valence-electron chi connectivity index (χ4n) is 1.81. The zero-order chi connectivity index (χ0) is 15.5. The summed E-state index contributed by atoms with van der Waals surface area (Å²) in [5, 5.41) is 0. The molecule has 0 radical (unpaired) electrons.